The lowest BCUT2D eigenvalue weighted by molar-refractivity contribution is -0.166. The number of likely N-dealkylation sites (tertiary alicyclic amines) is 1. The molecule has 1 heterocycles. The highest BCUT2D eigenvalue weighted by molar-refractivity contribution is 5.87. The van der Waals surface area contributed by atoms with Crippen LogP contribution in [-0.4, -0.2) is 48.0 Å². The van der Waals surface area contributed by atoms with Gasteiger partial charge in [0.1, 0.15) is 18.0 Å². The molecule has 0 N–H and O–H groups in total. The van der Waals surface area contributed by atoms with Crippen LogP contribution in [0.1, 0.15) is 34.6 Å². The molecule has 1 amide bonds. The van der Waals surface area contributed by atoms with E-state index in [0.717, 1.165) is 6.29 Å². The molecule has 0 bridgehead atoms. The normalized spacial score (nSPS) is 25.5. The van der Waals surface area contributed by atoms with Crippen LogP contribution < -0.4 is 0 Å². The fraction of sp³-hybridized carbons (Fsp3) is 0.786. The first-order chi connectivity index (χ1) is 9.08. The number of carbonyl (C=O) groups excluding carboxylic acids is 3. The lowest BCUT2D eigenvalue weighted by atomic mass is 9.77. The third-order valence-electron chi connectivity index (χ3n) is 3.38. The number of hydrogen-bond acceptors (Lipinski definition) is 5. The van der Waals surface area contributed by atoms with Crippen LogP contribution in [0.15, 0.2) is 0 Å². The van der Waals surface area contributed by atoms with Crippen LogP contribution in [0.25, 0.3) is 0 Å². The molecule has 1 fully saturated rings. The van der Waals surface area contributed by atoms with Crippen LogP contribution in [0.2, 0.25) is 0 Å². The van der Waals surface area contributed by atoms with Gasteiger partial charge in [-0.15, -0.1) is 0 Å². The Morgan fingerprint density at radius 2 is 1.90 bits per heavy atom. The van der Waals surface area contributed by atoms with Crippen molar-refractivity contribution in [3.63, 3.8) is 0 Å². The van der Waals surface area contributed by atoms with Gasteiger partial charge in [-0.25, -0.2) is 4.79 Å². The highest BCUT2D eigenvalue weighted by Gasteiger charge is 2.51. The van der Waals surface area contributed by atoms with Crippen LogP contribution in [0.5, 0.6) is 0 Å². The molecule has 0 spiro atoms. The van der Waals surface area contributed by atoms with Crippen LogP contribution in [0.3, 0.4) is 0 Å². The summed E-state index contributed by atoms with van der Waals surface area (Å²) < 4.78 is 10.2. The summed E-state index contributed by atoms with van der Waals surface area (Å²) in [6, 6.07) is -0.238. The molecule has 4 atom stereocenters. The van der Waals surface area contributed by atoms with E-state index in [-0.39, 0.29) is 17.9 Å². The van der Waals surface area contributed by atoms with E-state index in [1.54, 1.807) is 41.7 Å². The maximum absolute atomic E-state index is 11.9. The van der Waals surface area contributed by atoms with Gasteiger partial charge in [-0.1, -0.05) is 6.92 Å². The van der Waals surface area contributed by atoms with E-state index in [9.17, 15) is 14.4 Å². The fourth-order valence-electron chi connectivity index (χ4n) is 2.42. The number of nitrogens with zero attached hydrogens (tertiary/aromatic N) is 1. The largest absolute Gasteiger partial charge is 0.509 e. The second-order valence-corrected chi connectivity index (χ2v) is 6.25. The molecule has 6 heteroatoms. The minimum absolute atomic E-state index is 0.125. The Morgan fingerprint density at radius 1 is 1.35 bits per heavy atom. The number of amides is 1. The molecule has 0 radical (unpaired) electrons. The summed E-state index contributed by atoms with van der Waals surface area (Å²) in [6.07, 6.45) is -0.619. The van der Waals surface area contributed by atoms with Gasteiger partial charge in [0, 0.05) is 13.0 Å². The molecular formula is C14H23NO5. The Bertz CT molecular complexity index is 397. The highest BCUT2D eigenvalue weighted by atomic mass is 16.7. The minimum atomic E-state index is -0.801. The zero-order valence-corrected chi connectivity index (χ0v) is 12.9. The van der Waals surface area contributed by atoms with Crippen LogP contribution in [0, 0.1) is 11.8 Å². The lowest BCUT2D eigenvalue weighted by Gasteiger charge is -2.48. The molecule has 0 aromatic heterocycles. The first kappa shape index (κ1) is 16.5. The van der Waals surface area contributed by atoms with Crippen molar-refractivity contribution in [2.24, 2.45) is 11.8 Å². The Kier molecular flexibility index (Phi) is 4.78. The van der Waals surface area contributed by atoms with Crippen molar-refractivity contribution in [2.45, 2.75) is 52.4 Å². The molecule has 0 aromatic carbocycles. The summed E-state index contributed by atoms with van der Waals surface area (Å²) in [5.41, 5.74) is -0.646. The molecule has 1 rings (SSSR count). The summed E-state index contributed by atoms with van der Waals surface area (Å²) in [6.45, 7) is 8.59. The van der Waals surface area contributed by atoms with Crippen molar-refractivity contribution >= 4 is 18.3 Å². The molecule has 0 aliphatic carbocycles. The monoisotopic (exact) mass is 285 g/mol. The average molecular weight is 285 g/mol. The molecule has 0 aromatic rings. The minimum Gasteiger partial charge on any atom is -0.430 e. The highest BCUT2D eigenvalue weighted by Crippen LogP contribution is 2.34. The van der Waals surface area contributed by atoms with E-state index >= 15 is 0 Å². The lowest BCUT2D eigenvalue weighted by Crippen LogP contribution is -2.65. The van der Waals surface area contributed by atoms with Gasteiger partial charge < -0.3 is 19.2 Å². The SMILES string of the molecule is C[C@@H](C=O)[C@@H]1[C@@H]([C@@H](C)OC(=O)OC(C)(C)C)C(=O)N1C. The predicted molar refractivity (Wildman–Crippen MR) is 72.1 cm³/mol. The third kappa shape index (κ3) is 3.49. The number of rotatable bonds is 4. The van der Waals surface area contributed by atoms with E-state index in [1.165, 1.54) is 4.90 Å². The average Bonchev–Trinajstić information content (AvgIpc) is 2.30. The molecule has 1 aliphatic rings. The van der Waals surface area contributed by atoms with Gasteiger partial charge in [-0.2, -0.15) is 0 Å². The maximum Gasteiger partial charge on any atom is 0.509 e. The quantitative estimate of drug-likeness (QED) is 0.446. The maximum atomic E-state index is 11.9. The Labute approximate surface area is 119 Å². The van der Waals surface area contributed by atoms with Gasteiger partial charge in [0.2, 0.25) is 5.91 Å². The molecule has 20 heavy (non-hydrogen) atoms. The number of aldehydes is 1. The Morgan fingerprint density at radius 3 is 2.35 bits per heavy atom. The van der Waals surface area contributed by atoms with Crippen molar-refractivity contribution < 1.29 is 23.9 Å². The first-order valence-corrected chi connectivity index (χ1v) is 6.70. The van der Waals surface area contributed by atoms with Crippen molar-refractivity contribution in [3.05, 3.63) is 0 Å². The summed E-state index contributed by atoms with van der Waals surface area (Å²) in [4.78, 5) is 35.9. The summed E-state index contributed by atoms with van der Waals surface area (Å²) in [5.74, 6) is -0.917. The molecule has 1 saturated heterocycles. The fourth-order valence-corrected chi connectivity index (χ4v) is 2.42. The van der Waals surface area contributed by atoms with E-state index in [4.69, 9.17) is 9.47 Å². The van der Waals surface area contributed by atoms with E-state index in [0.29, 0.717) is 0 Å². The molecular weight excluding hydrogens is 262 g/mol. The zero-order valence-electron chi connectivity index (χ0n) is 12.9. The molecule has 114 valence electrons. The second-order valence-electron chi connectivity index (χ2n) is 6.25. The van der Waals surface area contributed by atoms with E-state index in [2.05, 4.69) is 0 Å². The molecule has 0 unspecified atom stereocenters. The number of hydrogen-bond donors (Lipinski definition) is 0. The van der Waals surface area contributed by atoms with E-state index < -0.39 is 23.8 Å². The van der Waals surface area contributed by atoms with Gasteiger partial charge in [0.15, 0.2) is 0 Å². The van der Waals surface area contributed by atoms with Crippen LogP contribution >= 0.6 is 0 Å². The van der Waals surface area contributed by atoms with Gasteiger partial charge in [0.05, 0.1) is 12.0 Å². The van der Waals surface area contributed by atoms with E-state index in [1.807, 2.05) is 0 Å². The van der Waals surface area contributed by atoms with Crippen LogP contribution in [-0.2, 0) is 19.1 Å². The Balaban J connectivity index is 2.66. The Hall–Kier alpha value is -1.59. The van der Waals surface area contributed by atoms with Crippen LogP contribution in [0.4, 0.5) is 4.79 Å². The van der Waals surface area contributed by atoms with Gasteiger partial charge >= 0.3 is 6.16 Å². The van der Waals surface area contributed by atoms with Gasteiger partial charge in [-0.3, -0.25) is 4.79 Å². The number of β-lactam (4-membered cyclic amide) rings is 1. The standard InChI is InChI=1S/C14H23NO5/c1-8(7-16)11-10(12(17)15(11)6)9(2)19-13(18)20-14(3,4)5/h7-11H,1-6H3/t8-,9+,10+,11+/m0/s1. The third-order valence-corrected chi connectivity index (χ3v) is 3.38. The molecule has 6 nitrogen and oxygen atoms in total. The van der Waals surface area contributed by atoms with Crippen molar-refractivity contribution in [1.82, 2.24) is 4.90 Å². The first-order valence-electron chi connectivity index (χ1n) is 6.70. The van der Waals surface area contributed by atoms with Crippen molar-refractivity contribution in [3.8, 4) is 0 Å². The zero-order chi connectivity index (χ0) is 15.7. The van der Waals surface area contributed by atoms with Crippen molar-refractivity contribution in [2.75, 3.05) is 7.05 Å². The topological polar surface area (TPSA) is 72.9 Å². The number of carbonyl (C=O) groups is 3. The molecule has 1 aliphatic heterocycles. The predicted octanol–water partition coefficient (Wildman–Crippen LogP) is 1.62. The van der Waals surface area contributed by atoms with Gasteiger partial charge in [0.25, 0.3) is 0 Å². The van der Waals surface area contributed by atoms with Crippen molar-refractivity contribution in [1.29, 1.82) is 0 Å². The summed E-state index contributed by atoms with van der Waals surface area (Å²) in [5, 5.41) is 0. The van der Waals surface area contributed by atoms with Gasteiger partial charge in [-0.05, 0) is 27.7 Å². The summed E-state index contributed by atoms with van der Waals surface area (Å²) >= 11 is 0. The summed E-state index contributed by atoms with van der Waals surface area (Å²) in [7, 11) is 1.64. The smallest absolute Gasteiger partial charge is 0.430 e. The molecule has 0 saturated carbocycles. The number of ether oxygens (including phenoxy) is 2. The second kappa shape index (κ2) is 5.81.